The maximum Gasteiger partial charge on any atom is 0.338 e. The Morgan fingerprint density at radius 3 is 2.87 bits per heavy atom. The van der Waals surface area contributed by atoms with Gasteiger partial charge in [-0.25, -0.2) is 4.79 Å². The van der Waals surface area contributed by atoms with E-state index in [-0.39, 0.29) is 18.7 Å². The summed E-state index contributed by atoms with van der Waals surface area (Å²) in [4.78, 5) is 16.4. The lowest BCUT2D eigenvalue weighted by atomic mass is 10.00. The molecule has 0 amide bonds. The van der Waals surface area contributed by atoms with Crippen LogP contribution >= 0.6 is 0 Å². The molecule has 0 fully saturated rings. The molecular formula is C25H26N2O4. The highest BCUT2D eigenvalue weighted by molar-refractivity contribution is 5.89. The zero-order valence-corrected chi connectivity index (χ0v) is 17.2. The van der Waals surface area contributed by atoms with Crippen LogP contribution in [-0.4, -0.2) is 35.3 Å². The average molecular weight is 418 g/mol. The van der Waals surface area contributed by atoms with Gasteiger partial charge in [0.15, 0.2) is 0 Å². The Balaban J connectivity index is 1.26. The molecule has 1 aliphatic heterocycles. The second-order valence-electron chi connectivity index (χ2n) is 7.62. The van der Waals surface area contributed by atoms with Crippen molar-refractivity contribution in [3.05, 3.63) is 95.3 Å². The number of hydrogen-bond donors (Lipinski definition) is 2. The second kappa shape index (κ2) is 10.2. The van der Waals surface area contributed by atoms with Crippen LogP contribution in [0.3, 0.4) is 0 Å². The quantitative estimate of drug-likeness (QED) is 0.546. The molecule has 160 valence electrons. The third-order valence-electron chi connectivity index (χ3n) is 5.32. The average Bonchev–Trinajstić information content (AvgIpc) is 2.83. The van der Waals surface area contributed by atoms with Gasteiger partial charge in [0.2, 0.25) is 0 Å². The highest BCUT2D eigenvalue weighted by Crippen LogP contribution is 2.28. The van der Waals surface area contributed by atoms with E-state index in [9.17, 15) is 9.90 Å². The Morgan fingerprint density at radius 2 is 2.06 bits per heavy atom. The summed E-state index contributed by atoms with van der Waals surface area (Å²) in [5, 5.41) is 13.5. The fourth-order valence-corrected chi connectivity index (χ4v) is 3.59. The number of carbonyl (C=O) groups excluding carboxylic acids is 1. The first kappa shape index (κ1) is 21.0. The second-order valence-corrected chi connectivity index (χ2v) is 7.62. The highest BCUT2D eigenvalue weighted by atomic mass is 16.5. The van der Waals surface area contributed by atoms with Crippen LogP contribution < -0.4 is 10.1 Å². The molecule has 0 radical (unpaired) electrons. The van der Waals surface area contributed by atoms with E-state index in [2.05, 4.69) is 10.3 Å². The molecule has 2 aromatic carbocycles. The van der Waals surface area contributed by atoms with E-state index in [1.807, 2.05) is 54.6 Å². The molecule has 2 atom stereocenters. The Hall–Kier alpha value is -3.22. The van der Waals surface area contributed by atoms with Crippen molar-refractivity contribution in [3.8, 4) is 5.75 Å². The summed E-state index contributed by atoms with van der Waals surface area (Å²) in [5.41, 5.74) is 3.30. The van der Waals surface area contributed by atoms with Crippen LogP contribution in [0, 0.1) is 0 Å². The largest absolute Gasteiger partial charge is 0.489 e. The molecule has 0 saturated carbocycles. The number of carbonyl (C=O) groups is 1. The molecule has 31 heavy (non-hydrogen) atoms. The first-order chi connectivity index (χ1) is 15.2. The fraction of sp³-hybridized carbons (Fsp3) is 0.280. The maximum atomic E-state index is 12.4. The summed E-state index contributed by atoms with van der Waals surface area (Å²) in [6.45, 7) is 1.33. The minimum atomic E-state index is -0.603. The zero-order chi connectivity index (χ0) is 21.5. The molecule has 1 unspecified atom stereocenters. The standard InChI is InChI=1S/C25H26N2O4/c28-23(21-7-4-12-26-14-21)16-27-15-22-10-8-19-13-20(9-11-24(19)31-22)25(29)30-17-18-5-2-1-3-6-18/h1-7,9,11-14,22-23,27-28H,8,10,15-17H2/t22?,23-/m0/s1. The molecule has 6 heteroatoms. The molecule has 2 N–H and O–H groups in total. The third kappa shape index (κ3) is 5.69. The van der Waals surface area contributed by atoms with Crippen LogP contribution in [0.2, 0.25) is 0 Å². The third-order valence-corrected chi connectivity index (χ3v) is 5.32. The van der Waals surface area contributed by atoms with Crippen LogP contribution in [0.25, 0.3) is 0 Å². The fourth-order valence-electron chi connectivity index (χ4n) is 3.59. The number of hydrogen-bond acceptors (Lipinski definition) is 6. The van der Waals surface area contributed by atoms with Gasteiger partial charge in [0.25, 0.3) is 0 Å². The number of fused-ring (bicyclic) bond motifs is 1. The molecule has 4 rings (SSSR count). The number of ether oxygens (including phenoxy) is 2. The number of aryl methyl sites for hydroxylation is 1. The van der Waals surface area contributed by atoms with Gasteiger partial charge < -0.3 is 19.9 Å². The van der Waals surface area contributed by atoms with E-state index in [1.54, 1.807) is 18.5 Å². The van der Waals surface area contributed by atoms with E-state index >= 15 is 0 Å². The van der Waals surface area contributed by atoms with Crippen LogP contribution in [0.1, 0.15) is 39.6 Å². The van der Waals surface area contributed by atoms with E-state index < -0.39 is 6.10 Å². The highest BCUT2D eigenvalue weighted by Gasteiger charge is 2.21. The van der Waals surface area contributed by atoms with Gasteiger partial charge in [0.05, 0.1) is 11.7 Å². The number of nitrogens with one attached hydrogen (secondary N) is 1. The number of rotatable bonds is 8. The topological polar surface area (TPSA) is 80.7 Å². The molecule has 2 heterocycles. The zero-order valence-electron chi connectivity index (χ0n) is 17.2. The van der Waals surface area contributed by atoms with Gasteiger partial charge in [-0.15, -0.1) is 0 Å². The number of aromatic nitrogens is 1. The summed E-state index contributed by atoms with van der Waals surface area (Å²) in [7, 11) is 0. The summed E-state index contributed by atoms with van der Waals surface area (Å²) in [5.74, 6) is 0.463. The lowest BCUT2D eigenvalue weighted by Crippen LogP contribution is -2.36. The van der Waals surface area contributed by atoms with Gasteiger partial charge in [-0.1, -0.05) is 36.4 Å². The summed E-state index contributed by atoms with van der Waals surface area (Å²) >= 11 is 0. The predicted molar refractivity (Wildman–Crippen MR) is 117 cm³/mol. The van der Waals surface area contributed by atoms with Crippen molar-refractivity contribution in [1.29, 1.82) is 0 Å². The first-order valence-electron chi connectivity index (χ1n) is 10.5. The smallest absolute Gasteiger partial charge is 0.338 e. The molecule has 0 spiro atoms. The SMILES string of the molecule is O=C(OCc1ccccc1)c1ccc2c(c1)CCC(CNC[C@H](O)c1cccnc1)O2. The summed E-state index contributed by atoms with van der Waals surface area (Å²) in [6.07, 6.45) is 4.43. The van der Waals surface area contributed by atoms with Gasteiger partial charge in [0.1, 0.15) is 18.5 Å². The van der Waals surface area contributed by atoms with Gasteiger partial charge in [-0.2, -0.15) is 0 Å². The lowest BCUT2D eigenvalue weighted by molar-refractivity contribution is 0.0472. The van der Waals surface area contributed by atoms with E-state index in [1.165, 1.54) is 0 Å². The normalized spacial score (nSPS) is 16.1. The van der Waals surface area contributed by atoms with E-state index in [4.69, 9.17) is 9.47 Å². The van der Waals surface area contributed by atoms with Crippen molar-refractivity contribution in [2.45, 2.75) is 31.7 Å². The number of aliphatic hydroxyl groups excluding tert-OH is 1. The number of esters is 1. The van der Waals surface area contributed by atoms with E-state index in [0.717, 1.165) is 35.3 Å². The number of pyridine rings is 1. The number of benzene rings is 2. The van der Waals surface area contributed by atoms with Crippen LogP contribution in [0.15, 0.2) is 73.1 Å². The van der Waals surface area contributed by atoms with Gasteiger partial charge in [-0.3, -0.25) is 4.98 Å². The van der Waals surface area contributed by atoms with Crippen molar-refractivity contribution in [2.75, 3.05) is 13.1 Å². The van der Waals surface area contributed by atoms with Crippen molar-refractivity contribution in [2.24, 2.45) is 0 Å². The first-order valence-corrected chi connectivity index (χ1v) is 10.5. The number of nitrogens with zero attached hydrogens (tertiary/aromatic N) is 1. The number of aliphatic hydroxyl groups is 1. The molecular weight excluding hydrogens is 392 g/mol. The molecule has 1 aliphatic rings. The molecule has 0 aliphatic carbocycles. The minimum absolute atomic E-state index is 0.0180. The summed E-state index contributed by atoms with van der Waals surface area (Å²) in [6, 6.07) is 18.7. The van der Waals surface area contributed by atoms with E-state index in [0.29, 0.717) is 18.7 Å². The Labute approximate surface area is 181 Å². The molecule has 1 aromatic heterocycles. The lowest BCUT2D eigenvalue weighted by Gasteiger charge is -2.27. The van der Waals surface area contributed by atoms with Crippen LogP contribution in [0.4, 0.5) is 0 Å². The van der Waals surface area contributed by atoms with Crippen molar-refractivity contribution < 1.29 is 19.4 Å². The Bertz CT molecular complexity index is 995. The van der Waals surface area contributed by atoms with Gasteiger partial charge in [-0.05, 0) is 48.2 Å². The van der Waals surface area contributed by atoms with Crippen LogP contribution in [-0.2, 0) is 17.8 Å². The van der Waals surface area contributed by atoms with Gasteiger partial charge in [0, 0.05) is 31.0 Å². The maximum absolute atomic E-state index is 12.4. The monoisotopic (exact) mass is 418 g/mol. The van der Waals surface area contributed by atoms with Gasteiger partial charge >= 0.3 is 5.97 Å². The van der Waals surface area contributed by atoms with Crippen LogP contribution in [0.5, 0.6) is 5.75 Å². The predicted octanol–water partition coefficient (Wildman–Crippen LogP) is 3.46. The Morgan fingerprint density at radius 1 is 1.19 bits per heavy atom. The molecule has 0 saturated heterocycles. The minimum Gasteiger partial charge on any atom is -0.489 e. The molecule has 3 aromatic rings. The Kier molecular flexibility index (Phi) is 6.92. The van der Waals surface area contributed by atoms with Crippen molar-refractivity contribution in [1.82, 2.24) is 10.3 Å². The summed E-state index contributed by atoms with van der Waals surface area (Å²) < 4.78 is 11.5. The van der Waals surface area contributed by atoms with Crippen molar-refractivity contribution >= 4 is 5.97 Å². The van der Waals surface area contributed by atoms with Crippen molar-refractivity contribution in [3.63, 3.8) is 0 Å². The molecule has 0 bridgehead atoms. The molecule has 6 nitrogen and oxygen atoms in total.